The lowest BCUT2D eigenvalue weighted by molar-refractivity contribution is 0.171. The summed E-state index contributed by atoms with van der Waals surface area (Å²) in [5.74, 6) is 3.21. The van der Waals surface area contributed by atoms with E-state index in [1.165, 1.54) is 32.4 Å². The smallest absolute Gasteiger partial charge is 0.161 e. The summed E-state index contributed by atoms with van der Waals surface area (Å²) in [6, 6.07) is 12.1. The molecule has 0 aliphatic carbocycles. The first-order chi connectivity index (χ1) is 13.8. The fourth-order valence-corrected chi connectivity index (χ4v) is 3.82. The van der Waals surface area contributed by atoms with Gasteiger partial charge >= 0.3 is 0 Å². The fraction of sp³-hybridized carbons (Fsp3) is 0.478. The Kier molecular flexibility index (Phi) is 6.22. The van der Waals surface area contributed by atoms with Gasteiger partial charge in [-0.1, -0.05) is 12.5 Å². The molecule has 1 saturated heterocycles. The molecule has 0 saturated carbocycles. The van der Waals surface area contributed by atoms with E-state index in [1.807, 2.05) is 30.3 Å². The highest BCUT2D eigenvalue weighted by molar-refractivity contribution is 5.70. The van der Waals surface area contributed by atoms with Gasteiger partial charge in [0.1, 0.15) is 24.7 Å². The molecular weight excluding hydrogens is 354 g/mol. The van der Waals surface area contributed by atoms with Gasteiger partial charge in [0.2, 0.25) is 0 Å². The number of hydrogen-bond acceptors (Lipinski definition) is 5. The van der Waals surface area contributed by atoms with Gasteiger partial charge in [0.05, 0.1) is 13.7 Å². The van der Waals surface area contributed by atoms with E-state index in [1.54, 1.807) is 7.11 Å². The third-order valence-electron chi connectivity index (χ3n) is 5.33. The lowest BCUT2D eigenvalue weighted by Crippen LogP contribution is -2.31. The van der Waals surface area contributed by atoms with Crippen LogP contribution < -0.4 is 18.9 Å². The number of likely N-dealkylation sites (tertiary alicyclic amines) is 1. The van der Waals surface area contributed by atoms with Gasteiger partial charge in [-0.15, -0.1) is 0 Å². The summed E-state index contributed by atoms with van der Waals surface area (Å²) < 4.78 is 22.9. The van der Waals surface area contributed by atoms with Gasteiger partial charge in [0, 0.05) is 12.6 Å². The van der Waals surface area contributed by atoms with Crippen LogP contribution in [0.5, 0.6) is 23.0 Å². The molecule has 0 atom stereocenters. The first kappa shape index (κ1) is 18.9. The maximum atomic E-state index is 6.05. The molecule has 2 heterocycles. The minimum absolute atomic E-state index is 0.583. The van der Waals surface area contributed by atoms with Crippen LogP contribution in [0.1, 0.15) is 25.7 Å². The number of rotatable bonds is 7. The first-order valence-electron chi connectivity index (χ1n) is 10.3. The Morgan fingerprint density at radius 3 is 2.46 bits per heavy atom. The molecular formula is C23H29NO4. The molecule has 1 fully saturated rings. The molecule has 0 radical (unpaired) electrons. The molecule has 5 nitrogen and oxygen atoms in total. The molecule has 0 N–H and O–H groups in total. The van der Waals surface area contributed by atoms with Gasteiger partial charge in [-0.25, -0.2) is 0 Å². The van der Waals surface area contributed by atoms with Crippen molar-refractivity contribution in [3.63, 3.8) is 0 Å². The van der Waals surface area contributed by atoms with Gasteiger partial charge in [0.15, 0.2) is 11.5 Å². The van der Waals surface area contributed by atoms with Crippen molar-refractivity contribution < 1.29 is 18.9 Å². The maximum absolute atomic E-state index is 6.05. The Hall–Kier alpha value is -2.40. The van der Waals surface area contributed by atoms with Gasteiger partial charge < -0.3 is 23.8 Å². The zero-order chi connectivity index (χ0) is 19.2. The van der Waals surface area contributed by atoms with E-state index in [2.05, 4.69) is 11.0 Å². The highest BCUT2D eigenvalue weighted by Crippen LogP contribution is 2.37. The fourth-order valence-electron chi connectivity index (χ4n) is 3.82. The van der Waals surface area contributed by atoms with Crippen LogP contribution in [0.4, 0.5) is 0 Å². The number of hydrogen-bond donors (Lipinski definition) is 0. The number of fused-ring (bicyclic) bond motifs is 1. The molecule has 2 aliphatic heterocycles. The topological polar surface area (TPSA) is 40.2 Å². The summed E-state index contributed by atoms with van der Waals surface area (Å²) in [6.07, 6.45) is 5.07. The van der Waals surface area contributed by atoms with E-state index < -0.39 is 0 Å². The SMILES string of the molecule is COc1cc(OCCCN2CCCCC2)cc(-c2ccc3c(c2)OCCO3)c1. The molecule has 2 aromatic rings. The molecule has 2 aliphatic rings. The predicted molar refractivity (Wildman–Crippen MR) is 110 cm³/mol. The van der Waals surface area contributed by atoms with Crippen molar-refractivity contribution in [3.8, 4) is 34.1 Å². The van der Waals surface area contributed by atoms with Crippen molar-refractivity contribution >= 4 is 0 Å². The maximum Gasteiger partial charge on any atom is 0.161 e. The van der Waals surface area contributed by atoms with Crippen LogP contribution in [-0.4, -0.2) is 51.5 Å². The first-order valence-corrected chi connectivity index (χ1v) is 10.3. The molecule has 150 valence electrons. The number of piperidine rings is 1. The molecule has 0 aromatic heterocycles. The van der Waals surface area contributed by atoms with Crippen LogP contribution in [0.15, 0.2) is 36.4 Å². The van der Waals surface area contributed by atoms with E-state index in [9.17, 15) is 0 Å². The van der Waals surface area contributed by atoms with Crippen molar-refractivity contribution in [2.75, 3.05) is 46.6 Å². The third-order valence-corrected chi connectivity index (χ3v) is 5.33. The summed E-state index contributed by atoms with van der Waals surface area (Å²) >= 11 is 0. The second kappa shape index (κ2) is 9.20. The Balaban J connectivity index is 1.42. The van der Waals surface area contributed by atoms with Crippen LogP contribution in [0.25, 0.3) is 11.1 Å². The molecule has 4 rings (SSSR count). The van der Waals surface area contributed by atoms with Crippen LogP contribution in [0.3, 0.4) is 0 Å². The Morgan fingerprint density at radius 2 is 1.64 bits per heavy atom. The van der Waals surface area contributed by atoms with E-state index in [4.69, 9.17) is 18.9 Å². The lowest BCUT2D eigenvalue weighted by atomic mass is 10.0. The van der Waals surface area contributed by atoms with Gasteiger partial charge in [0.25, 0.3) is 0 Å². The highest BCUT2D eigenvalue weighted by Gasteiger charge is 2.14. The molecule has 2 aromatic carbocycles. The lowest BCUT2D eigenvalue weighted by Gasteiger charge is -2.26. The number of nitrogens with zero attached hydrogens (tertiary/aromatic N) is 1. The summed E-state index contributed by atoms with van der Waals surface area (Å²) in [5.41, 5.74) is 2.10. The third kappa shape index (κ3) is 4.71. The Morgan fingerprint density at radius 1 is 0.857 bits per heavy atom. The number of methoxy groups -OCH3 is 1. The van der Waals surface area contributed by atoms with E-state index >= 15 is 0 Å². The standard InChI is InChI=1S/C23H29NO4/c1-25-20-14-19(18-6-7-22-23(16-18)28-13-12-27-22)15-21(17-20)26-11-5-10-24-8-3-2-4-9-24/h6-7,14-17H,2-5,8-13H2,1H3. The van der Waals surface area contributed by atoms with E-state index in [-0.39, 0.29) is 0 Å². The van der Waals surface area contributed by atoms with Crippen LogP contribution in [0, 0.1) is 0 Å². The zero-order valence-corrected chi connectivity index (χ0v) is 16.6. The Labute approximate surface area is 167 Å². The summed E-state index contributed by atoms with van der Waals surface area (Å²) in [4.78, 5) is 2.54. The van der Waals surface area contributed by atoms with Crippen LogP contribution >= 0.6 is 0 Å². The second-order valence-corrected chi connectivity index (χ2v) is 7.36. The quantitative estimate of drug-likeness (QED) is 0.663. The van der Waals surface area contributed by atoms with E-state index in [0.717, 1.165) is 47.1 Å². The van der Waals surface area contributed by atoms with Crippen LogP contribution in [-0.2, 0) is 0 Å². The van der Waals surface area contributed by atoms with Crippen molar-refractivity contribution in [1.82, 2.24) is 4.90 Å². The average Bonchev–Trinajstić information content (AvgIpc) is 2.77. The molecule has 5 heteroatoms. The predicted octanol–water partition coefficient (Wildman–Crippen LogP) is 4.39. The normalized spacial score (nSPS) is 16.6. The molecule has 0 bridgehead atoms. The van der Waals surface area contributed by atoms with Crippen molar-refractivity contribution in [1.29, 1.82) is 0 Å². The van der Waals surface area contributed by atoms with Gasteiger partial charge in [-0.2, -0.15) is 0 Å². The average molecular weight is 383 g/mol. The molecule has 0 unspecified atom stereocenters. The van der Waals surface area contributed by atoms with Crippen LogP contribution in [0.2, 0.25) is 0 Å². The van der Waals surface area contributed by atoms with Gasteiger partial charge in [-0.05, 0) is 67.7 Å². The number of ether oxygens (including phenoxy) is 4. The largest absolute Gasteiger partial charge is 0.497 e. The molecule has 0 spiro atoms. The minimum atomic E-state index is 0.583. The van der Waals surface area contributed by atoms with Gasteiger partial charge in [-0.3, -0.25) is 0 Å². The summed E-state index contributed by atoms with van der Waals surface area (Å²) in [5, 5.41) is 0. The zero-order valence-electron chi connectivity index (χ0n) is 16.6. The molecule has 28 heavy (non-hydrogen) atoms. The summed E-state index contributed by atoms with van der Waals surface area (Å²) in [7, 11) is 1.68. The molecule has 0 amide bonds. The Bertz CT molecular complexity index is 786. The monoisotopic (exact) mass is 383 g/mol. The van der Waals surface area contributed by atoms with E-state index in [0.29, 0.717) is 19.8 Å². The second-order valence-electron chi connectivity index (χ2n) is 7.36. The number of benzene rings is 2. The van der Waals surface area contributed by atoms with Crippen molar-refractivity contribution in [3.05, 3.63) is 36.4 Å². The highest BCUT2D eigenvalue weighted by atomic mass is 16.6. The minimum Gasteiger partial charge on any atom is -0.497 e. The summed E-state index contributed by atoms with van der Waals surface area (Å²) in [6.45, 7) is 5.46. The van der Waals surface area contributed by atoms with Crippen molar-refractivity contribution in [2.45, 2.75) is 25.7 Å². The van der Waals surface area contributed by atoms with Crippen molar-refractivity contribution in [2.24, 2.45) is 0 Å².